The normalized spacial score (nSPS) is 12.6. The SMILES string of the molecule is COc1c(C)ccc(CC(C)O)c1C. The molecule has 2 nitrogen and oxygen atoms in total. The van der Waals surface area contributed by atoms with E-state index >= 15 is 0 Å². The molecule has 0 fully saturated rings. The number of ether oxygens (including phenoxy) is 1. The van der Waals surface area contributed by atoms with Crippen molar-refractivity contribution in [3.63, 3.8) is 0 Å². The molecule has 0 aliphatic carbocycles. The summed E-state index contributed by atoms with van der Waals surface area (Å²) in [5, 5.41) is 9.32. The molecule has 0 bridgehead atoms. The van der Waals surface area contributed by atoms with Gasteiger partial charge in [-0.15, -0.1) is 0 Å². The van der Waals surface area contributed by atoms with Gasteiger partial charge in [0.25, 0.3) is 0 Å². The summed E-state index contributed by atoms with van der Waals surface area (Å²) in [7, 11) is 1.68. The molecule has 0 spiro atoms. The number of aryl methyl sites for hydroxylation is 1. The maximum Gasteiger partial charge on any atom is 0.124 e. The molecule has 0 heterocycles. The average molecular weight is 194 g/mol. The molecule has 0 saturated heterocycles. The molecule has 0 aromatic heterocycles. The van der Waals surface area contributed by atoms with Crippen LogP contribution in [-0.4, -0.2) is 18.3 Å². The fourth-order valence-electron chi connectivity index (χ4n) is 1.72. The van der Waals surface area contributed by atoms with E-state index in [-0.39, 0.29) is 6.10 Å². The minimum atomic E-state index is -0.305. The Morgan fingerprint density at radius 3 is 2.50 bits per heavy atom. The van der Waals surface area contributed by atoms with Crippen LogP contribution in [0.25, 0.3) is 0 Å². The lowest BCUT2D eigenvalue weighted by atomic mass is 9.99. The van der Waals surface area contributed by atoms with E-state index in [2.05, 4.69) is 6.07 Å². The first-order valence-electron chi connectivity index (χ1n) is 4.87. The first-order valence-corrected chi connectivity index (χ1v) is 4.87. The van der Waals surface area contributed by atoms with Crippen molar-refractivity contribution in [3.05, 3.63) is 28.8 Å². The van der Waals surface area contributed by atoms with Crippen molar-refractivity contribution in [2.75, 3.05) is 7.11 Å². The van der Waals surface area contributed by atoms with Gasteiger partial charge in [-0.3, -0.25) is 0 Å². The van der Waals surface area contributed by atoms with Gasteiger partial charge in [-0.05, 0) is 43.9 Å². The zero-order valence-corrected chi connectivity index (χ0v) is 9.29. The standard InChI is InChI=1S/C12H18O2/c1-8-5-6-11(7-9(2)13)10(3)12(8)14-4/h5-6,9,13H,7H2,1-4H3. The highest BCUT2D eigenvalue weighted by molar-refractivity contribution is 5.45. The van der Waals surface area contributed by atoms with Crippen LogP contribution in [0, 0.1) is 13.8 Å². The number of hydrogen-bond acceptors (Lipinski definition) is 2. The van der Waals surface area contributed by atoms with E-state index < -0.39 is 0 Å². The lowest BCUT2D eigenvalue weighted by molar-refractivity contribution is 0.195. The number of aliphatic hydroxyl groups is 1. The molecule has 1 aromatic carbocycles. The maximum atomic E-state index is 9.32. The lowest BCUT2D eigenvalue weighted by Crippen LogP contribution is -2.06. The lowest BCUT2D eigenvalue weighted by Gasteiger charge is -2.14. The highest BCUT2D eigenvalue weighted by atomic mass is 16.5. The van der Waals surface area contributed by atoms with Crippen LogP contribution in [0.15, 0.2) is 12.1 Å². The number of benzene rings is 1. The number of hydrogen-bond donors (Lipinski definition) is 1. The topological polar surface area (TPSA) is 29.5 Å². The van der Waals surface area contributed by atoms with E-state index in [4.69, 9.17) is 4.74 Å². The Bertz CT molecular complexity index is 316. The van der Waals surface area contributed by atoms with Crippen molar-refractivity contribution in [2.24, 2.45) is 0 Å². The van der Waals surface area contributed by atoms with Gasteiger partial charge in [0.1, 0.15) is 5.75 Å². The third kappa shape index (κ3) is 2.26. The smallest absolute Gasteiger partial charge is 0.124 e. The fourth-order valence-corrected chi connectivity index (χ4v) is 1.72. The molecule has 1 rings (SSSR count). The Balaban J connectivity index is 3.08. The second-order valence-corrected chi connectivity index (χ2v) is 3.75. The molecule has 0 amide bonds. The molecule has 1 aromatic rings. The van der Waals surface area contributed by atoms with Crippen molar-refractivity contribution >= 4 is 0 Å². The van der Waals surface area contributed by atoms with Crippen LogP contribution in [0.2, 0.25) is 0 Å². The fraction of sp³-hybridized carbons (Fsp3) is 0.500. The van der Waals surface area contributed by atoms with E-state index in [9.17, 15) is 5.11 Å². The number of methoxy groups -OCH3 is 1. The van der Waals surface area contributed by atoms with E-state index in [0.29, 0.717) is 6.42 Å². The quantitative estimate of drug-likeness (QED) is 0.799. The van der Waals surface area contributed by atoms with Gasteiger partial charge in [0.2, 0.25) is 0 Å². The van der Waals surface area contributed by atoms with Gasteiger partial charge >= 0.3 is 0 Å². The van der Waals surface area contributed by atoms with Gasteiger partial charge in [-0.1, -0.05) is 12.1 Å². The first kappa shape index (κ1) is 11.1. The molecule has 14 heavy (non-hydrogen) atoms. The van der Waals surface area contributed by atoms with E-state index in [1.807, 2.05) is 19.9 Å². The van der Waals surface area contributed by atoms with Gasteiger partial charge in [0.05, 0.1) is 13.2 Å². The zero-order chi connectivity index (χ0) is 10.7. The van der Waals surface area contributed by atoms with Crippen LogP contribution in [0.1, 0.15) is 23.6 Å². The Labute approximate surface area is 85.5 Å². The largest absolute Gasteiger partial charge is 0.496 e. The Morgan fingerprint density at radius 1 is 1.36 bits per heavy atom. The first-order chi connectivity index (χ1) is 6.56. The summed E-state index contributed by atoms with van der Waals surface area (Å²) in [4.78, 5) is 0. The summed E-state index contributed by atoms with van der Waals surface area (Å²) < 4.78 is 5.32. The maximum absolute atomic E-state index is 9.32. The highest BCUT2D eigenvalue weighted by Crippen LogP contribution is 2.26. The third-order valence-electron chi connectivity index (χ3n) is 2.43. The summed E-state index contributed by atoms with van der Waals surface area (Å²) in [5.41, 5.74) is 3.43. The average Bonchev–Trinajstić information content (AvgIpc) is 2.10. The van der Waals surface area contributed by atoms with Crippen LogP contribution >= 0.6 is 0 Å². The molecule has 78 valence electrons. The van der Waals surface area contributed by atoms with Gasteiger partial charge < -0.3 is 9.84 Å². The number of rotatable bonds is 3. The third-order valence-corrected chi connectivity index (χ3v) is 2.43. The Morgan fingerprint density at radius 2 is 2.00 bits per heavy atom. The van der Waals surface area contributed by atoms with Gasteiger partial charge in [-0.25, -0.2) is 0 Å². The summed E-state index contributed by atoms with van der Waals surface area (Å²) in [6.07, 6.45) is 0.378. The Kier molecular flexibility index (Phi) is 3.53. The zero-order valence-electron chi connectivity index (χ0n) is 9.29. The van der Waals surface area contributed by atoms with Crippen LogP contribution in [0.5, 0.6) is 5.75 Å². The van der Waals surface area contributed by atoms with Crippen LogP contribution in [0.4, 0.5) is 0 Å². The molecule has 0 aliphatic rings. The molecule has 2 heteroatoms. The molecular formula is C12H18O2. The summed E-state index contributed by atoms with van der Waals surface area (Å²) in [6.45, 7) is 5.85. The molecule has 0 saturated carbocycles. The van der Waals surface area contributed by atoms with E-state index in [0.717, 1.165) is 22.4 Å². The van der Waals surface area contributed by atoms with Crippen molar-refractivity contribution in [1.82, 2.24) is 0 Å². The summed E-state index contributed by atoms with van der Waals surface area (Å²) in [6, 6.07) is 4.09. The Hall–Kier alpha value is -1.02. The van der Waals surface area contributed by atoms with Crippen LogP contribution in [0.3, 0.4) is 0 Å². The monoisotopic (exact) mass is 194 g/mol. The van der Waals surface area contributed by atoms with Crippen molar-refractivity contribution in [1.29, 1.82) is 0 Å². The van der Waals surface area contributed by atoms with Gasteiger partial charge in [0, 0.05) is 0 Å². The van der Waals surface area contributed by atoms with Crippen molar-refractivity contribution in [3.8, 4) is 5.75 Å². The predicted octanol–water partition coefficient (Wildman–Crippen LogP) is 2.24. The summed E-state index contributed by atoms with van der Waals surface area (Å²) in [5.74, 6) is 0.933. The van der Waals surface area contributed by atoms with Gasteiger partial charge in [-0.2, -0.15) is 0 Å². The summed E-state index contributed by atoms with van der Waals surface area (Å²) >= 11 is 0. The van der Waals surface area contributed by atoms with E-state index in [1.54, 1.807) is 14.0 Å². The molecule has 0 radical (unpaired) electrons. The second kappa shape index (κ2) is 4.47. The molecule has 1 unspecified atom stereocenters. The molecule has 1 atom stereocenters. The van der Waals surface area contributed by atoms with Crippen LogP contribution < -0.4 is 4.74 Å². The van der Waals surface area contributed by atoms with Gasteiger partial charge in [0.15, 0.2) is 0 Å². The van der Waals surface area contributed by atoms with Crippen molar-refractivity contribution in [2.45, 2.75) is 33.3 Å². The predicted molar refractivity (Wildman–Crippen MR) is 57.9 cm³/mol. The molecule has 1 N–H and O–H groups in total. The molecule has 0 aliphatic heterocycles. The highest BCUT2D eigenvalue weighted by Gasteiger charge is 2.09. The minimum Gasteiger partial charge on any atom is -0.496 e. The van der Waals surface area contributed by atoms with Crippen LogP contribution in [-0.2, 0) is 6.42 Å². The van der Waals surface area contributed by atoms with Crippen molar-refractivity contribution < 1.29 is 9.84 Å². The van der Waals surface area contributed by atoms with E-state index in [1.165, 1.54) is 0 Å². The second-order valence-electron chi connectivity index (χ2n) is 3.75. The molecular weight excluding hydrogens is 176 g/mol. The minimum absolute atomic E-state index is 0.305. The number of aliphatic hydroxyl groups excluding tert-OH is 1.